The molecule has 34 heavy (non-hydrogen) atoms. The van der Waals surface area contributed by atoms with Gasteiger partial charge in [0.05, 0.1) is 18.5 Å². The predicted molar refractivity (Wildman–Crippen MR) is 125 cm³/mol. The van der Waals surface area contributed by atoms with Crippen molar-refractivity contribution in [3.05, 3.63) is 48.1 Å². The molecular formula is C22H20N6O5S. The van der Waals surface area contributed by atoms with E-state index in [1.165, 1.54) is 29.2 Å². The van der Waals surface area contributed by atoms with E-state index in [0.29, 0.717) is 22.5 Å². The molecule has 174 valence electrons. The number of nitrogen functional groups attached to an aromatic ring is 1. The zero-order chi connectivity index (χ0) is 23.9. The summed E-state index contributed by atoms with van der Waals surface area (Å²) in [5.74, 6) is -0.708. The lowest BCUT2D eigenvalue weighted by atomic mass is 9.94. The summed E-state index contributed by atoms with van der Waals surface area (Å²) >= 11 is 1.38. The molecule has 11 nitrogen and oxygen atoms in total. The number of hydrogen-bond donors (Lipinski definition) is 3. The number of aliphatic hydroxyl groups excluding tert-OH is 1. The van der Waals surface area contributed by atoms with Gasteiger partial charge < -0.3 is 25.4 Å². The van der Waals surface area contributed by atoms with Gasteiger partial charge in [0.15, 0.2) is 23.1 Å². The maximum Gasteiger partial charge on any atom is 0.263 e. The number of anilines is 3. The standard InChI is InChI=1S/C22H20N6O5S/c1-22(17(29)19(30)25-13-2-3-14-15(10-13)33-27-18(14)23)21(31)28(8-9-32-22)16-11-34-20(26-16)12-4-6-24-7-5-12/h2-7,10-11,17,29H,8-9H2,1H3,(H2,23,27)(H,25,30). The molecule has 1 aromatic carbocycles. The Labute approximate surface area is 197 Å². The van der Waals surface area contributed by atoms with Crippen LogP contribution in [0.25, 0.3) is 21.5 Å². The summed E-state index contributed by atoms with van der Waals surface area (Å²) in [4.78, 5) is 36.2. The monoisotopic (exact) mass is 480 g/mol. The van der Waals surface area contributed by atoms with Crippen molar-refractivity contribution in [1.29, 1.82) is 0 Å². The van der Waals surface area contributed by atoms with Crippen molar-refractivity contribution in [2.45, 2.75) is 18.6 Å². The van der Waals surface area contributed by atoms with Crippen molar-refractivity contribution in [3.63, 3.8) is 0 Å². The van der Waals surface area contributed by atoms with Crippen molar-refractivity contribution in [1.82, 2.24) is 15.1 Å². The van der Waals surface area contributed by atoms with E-state index in [9.17, 15) is 14.7 Å². The van der Waals surface area contributed by atoms with Gasteiger partial charge in [-0.2, -0.15) is 0 Å². The Morgan fingerprint density at radius 3 is 2.91 bits per heavy atom. The molecule has 5 rings (SSSR count). The first kappa shape index (κ1) is 21.9. The summed E-state index contributed by atoms with van der Waals surface area (Å²) < 4.78 is 10.7. The van der Waals surface area contributed by atoms with E-state index < -0.39 is 23.5 Å². The zero-order valence-electron chi connectivity index (χ0n) is 18.0. The lowest BCUT2D eigenvalue weighted by Crippen LogP contribution is -2.63. The largest absolute Gasteiger partial charge is 0.380 e. The Kier molecular flexibility index (Phi) is 5.48. The minimum absolute atomic E-state index is 0.123. The third-order valence-electron chi connectivity index (χ3n) is 5.62. The number of aromatic nitrogens is 3. The summed E-state index contributed by atoms with van der Waals surface area (Å²) in [7, 11) is 0. The Bertz CT molecular complexity index is 1370. The molecule has 0 aliphatic carbocycles. The zero-order valence-corrected chi connectivity index (χ0v) is 18.8. The van der Waals surface area contributed by atoms with E-state index in [-0.39, 0.29) is 19.0 Å². The number of amides is 2. The van der Waals surface area contributed by atoms with E-state index in [1.54, 1.807) is 29.9 Å². The van der Waals surface area contributed by atoms with E-state index in [1.807, 2.05) is 12.1 Å². The van der Waals surface area contributed by atoms with Gasteiger partial charge in [-0.1, -0.05) is 5.16 Å². The number of aliphatic hydroxyl groups is 1. The molecule has 4 heterocycles. The fourth-order valence-corrected chi connectivity index (χ4v) is 4.52. The topological polar surface area (TPSA) is 157 Å². The first-order valence-corrected chi connectivity index (χ1v) is 11.2. The lowest BCUT2D eigenvalue weighted by Gasteiger charge is -2.40. The third-order valence-corrected chi connectivity index (χ3v) is 6.50. The van der Waals surface area contributed by atoms with Crippen LogP contribution in [0.2, 0.25) is 0 Å². The van der Waals surface area contributed by atoms with Crippen LogP contribution in [-0.4, -0.2) is 56.9 Å². The van der Waals surface area contributed by atoms with Gasteiger partial charge in [0, 0.05) is 35.1 Å². The number of pyridine rings is 1. The minimum atomic E-state index is -1.80. The van der Waals surface area contributed by atoms with E-state index in [2.05, 4.69) is 20.4 Å². The summed E-state index contributed by atoms with van der Waals surface area (Å²) in [6.07, 6.45) is 1.55. The first-order valence-electron chi connectivity index (χ1n) is 10.3. The quantitative estimate of drug-likeness (QED) is 0.389. The third kappa shape index (κ3) is 3.77. The SMILES string of the molecule is CC1(C(O)C(=O)Nc2ccc3c(N)noc3c2)OCCN(c2csc(-c3ccncc3)n2)C1=O. The molecule has 4 N–H and O–H groups in total. The number of morpholine rings is 1. The van der Waals surface area contributed by atoms with Crippen LogP contribution >= 0.6 is 11.3 Å². The molecule has 12 heteroatoms. The normalized spacial score (nSPS) is 19.4. The number of fused-ring (bicyclic) bond motifs is 1. The van der Waals surface area contributed by atoms with Crippen LogP contribution in [0, 0.1) is 0 Å². The molecule has 0 saturated carbocycles. The number of benzene rings is 1. The van der Waals surface area contributed by atoms with Crippen molar-refractivity contribution in [2.75, 3.05) is 29.1 Å². The average Bonchev–Trinajstić information content (AvgIpc) is 3.48. The van der Waals surface area contributed by atoms with Crippen molar-refractivity contribution in [3.8, 4) is 10.6 Å². The van der Waals surface area contributed by atoms with Crippen molar-refractivity contribution < 1.29 is 24.0 Å². The highest BCUT2D eigenvalue weighted by Crippen LogP contribution is 2.32. The second-order valence-electron chi connectivity index (χ2n) is 7.83. The van der Waals surface area contributed by atoms with Crippen LogP contribution in [0.3, 0.4) is 0 Å². The Morgan fingerprint density at radius 2 is 2.12 bits per heavy atom. The van der Waals surface area contributed by atoms with Gasteiger partial charge in [-0.15, -0.1) is 11.3 Å². The van der Waals surface area contributed by atoms with Crippen molar-refractivity contribution in [2.24, 2.45) is 0 Å². The number of hydrogen-bond acceptors (Lipinski definition) is 10. The van der Waals surface area contributed by atoms with Crippen LogP contribution in [0.15, 0.2) is 52.6 Å². The molecule has 3 aromatic heterocycles. The van der Waals surface area contributed by atoms with Gasteiger partial charge in [-0.3, -0.25) is 19.5 Å². The summed E-state index contributed by atoms with van der Waals surface area (Å²) in [6, 6.07) is 8.41. The molecule has 1 fully saturated rings. The molecule has 4 aromatic rings. The molecular weight excluding hydrogens is 460 g/mol. The average molecular weight is 481 g/mol. The Balaban J connectivity index is 1.34. The number of nitrogens with zero attached hydrogens (tertiary/aromatic N) is 4. The highest BCUT2D eigenvalue weighted by atomic mass is 32.1. The molecule has 0 bridgehead atoms. The fourth-order valence-electron chi connectivity index (χ4n) is 3.71. The van der Waals surface area contributed by atoms with Gasteiger partial charge in [-0.05, 0) is 31.2 Å². The van der Waals surface area contributed by atoms with Crippen molar-refractivity contribution >= 4 is 51.4 Å². The second kappa shape index (κ2) is 8.48. The van der Waals surface area contributed by atoms with E-state index >= 15 is 0 Å². The summed E-state index contributed by atoms with van der Waals surface area (Å²) in [6.45, 7) is 1.76. The molecule has 1 aliphatic rings. The fraction of sp³-hybridized carbons (Fsp3) is 0.227. The van der Waals surface area contributed by atoms with Gasteiger partial charge in [0.25, 0.3) is 11.8 Å². The van der Waals surface area contributed by atoms with E-state index in [4.69, 9.17) is 15.0 Å². The summed E-state index contributed by atoms with van der Waals surface area (Å²) in [5.41, 5.74) is 5.50. The number of nitrogens with two attached hydrogens (primary N) is 1. The Hall–Kier alpha value is -3.87. The first-order chi connectivity index (χ1) is 16.4. The molecule has 2 amide bonds. The number of thiazole rings is 1. The van der Waals surface area contributed by atoms with Crippen LogP contribution < -0.4 is 16.0 Å². The molecule has 0 radical (unpaired) electrons. The number of carbonyl (C=O) groups excluding carboxylic acids is 2. The van der Waals surface area contributed by atoms with E-state index in [0.717, 1.165) is 10.6 Å². The van der Waals surface area contributed by atoms with Gasteiger partial charge >= 0.3 is 0 Å². The van der Waals surface area contributed by atoms with Gasteiger partial charge in [0.2, 0.25) is 0 Å². The van der Waals surface area contributed by atoms with Crippen LogP contribution in [-0.2, 0) is 14.3 Å². The maximum absolute atomic E-state index is 13.3. The minimum Gasteiger partial charge on any atom is -0.380 e. The van der Waals surface area contributed by atoms with Crippen LogP contribution in [0.5, 0.6) is 0 Å². The number of carbonyl (C=O) groups is 2. The maximum atomic E-state index is 13.3. The predicted octanol–water partition coefficient (Wildman–Crippen LogP) is 2.05. The highest BCUT2D eigenvalue weighted by Gasteiger charge is 2.51. The summed E-state index contributed by atoms with van der Waals surface area (Å²) in [5, 5.41) is 20.2. The van der Waals surface area contributed by atoms with Crippen LogP contribution in [0.1, 0.15) is 6.92 Å². The molecule has 0 spiro atoms. The number of nitrogens with one attached hydrogen (secondary N) is 1. The molecule has 1 saturated heterocycles. The van der Waals surface area contributed by atoms with Gasteiger partial charge in [-0.25, -0.2) is 4.98 Å². The Morgan fingerprint density at radius 1 is 1.32 bits per heavy atom. The molecule has 2 atom stereocenters. The second-order valence-corrected chi connectivity index (χ2v) is 8.69. The number of ether oxygens (including phenoxy) is 1. The van der Waals surface area contributed by atoms with Crippen LogP contribution in [0.4, 0.5) is 17.3 Å². The number of rotatable bonds is 5. The highest BCUT2D eigenvalue weighted by molar-refractivity contribution is 7.13. The smallest absolute Gasteiger partial charge is 0.263 e. The lowest BCUT2D eigenvalue weighted by molar-refractivity contribution is -0.170. The molecule has 2 unspecified atom stereocenters. The van der Waals surface area contributed by atoms with Gasteiger partial charge in [0.1, 0.15) is 10.8 Å². The molecule has 1 aliphatic heterocycles.